The van der Waals surface area contributed by atoms with Crippen LogP contribution in [0.15, 0.2) is 30.3 Å². The molecule has 4 rings (SSSR count). The lowest BCUT2D eigenvalue weighted by Crippen LogP contribution is -2.36. The molecule has 1 saturated heterocycles. The van der Waals surface area contributed by atoms with Crippen molar-refractivity contribution in [2.24, 2.45) is 0 Å². The summed E-state index contributed by atoms with van der Waals surface area (Å²) < 4.78 is 6.44. The number of anilines is 1. The van der Waals surface area contributed by atoms with Gasteiger partial charge in [-0.25, -0.2) is 4.98 Å². The number of hydrogen-bond donors (Lipinski definition) is 1. The largest absolute Gasteiger partial charge is 0.378 e. The van der Waals surface area contributed by atoms with Gasteiger partial charge in [0.05, 0.1) is 23.4 Å². The summed E-state index contributed by atoms with van der Waals surface area (Å²) in [6.45, 7) is 5.42. The number of ether oxygens (including phenoxy) is 1. The normalized spacial score (nSPS) is 14.5. The van der Waals surface area contributed by atoms with Gasteiger partial charge in [-0.15, -0.1) is 11.3 Å². The number of thiophene rings is 1. The second-order valence-electron chi connectivity index (χ2n) is 6.18. The highest BCUT2D eigenvalue weighted by atomic mass is 35.5. The van der Waals surface area contributed by atoms with Crippen molar-refractivity contribution in [3.05, 3.63) is 41.2 Å². The molecule has 1 aliphatic rings. The smallest absolute Gasteiger partial charge is 0.251 e. The van der Waals surface area contributed by atoms with Crippen molar-refractivity contribution in [3.8, 4) is 10.4 Å². The lowest BCUT2D eigenvalue weighted by Gasteiger charge is -2.28. The van der Waals surface area contributed by atoms with Crippen molar-refractivity contribution in [1.29, 1.82) is 0 Å². The fraction of sp³-hybridized carbons (Fsp3) is 0.316. The Labute approximate surface area is 166 Å². The molecule has 1 N–H and O–H groups in total. The maximum atomic E-state index is 12.1. The molecule has 2 aromatic heterocycles. The number of morpholine rings is 1. The highest BCUT2D eigenvalue weighted by Gasteiger charge is 2.19. The lowest BCUT2D eigenvalue weighted by molar-refractivity contribution is 0.0956. The van der Waals surface area contributed by atoms with Crippen LogP contribution in [-0.2, 0) is 4.74 Å². The Balaban J connectivity index is 1.75. The Morgan fingerprint density at radius 3 is 2.89 bits per heavy atom. The Morgan fingerprint density at radius 2 is 2.11 bits per heavy atom. The highest BCUT2D eigenvalue weighted by molar-refractivity contribution is 7.22. The Morgan fingerprint density at radius 1 is 1.30 bits per heavy atom. The van der Waals surface area contributed by atoms with Crippen LogP contribution >= 0.6 is 22.9 Å². The van der Waals surface area contributed by atoms with E-state index in [4.69, 9.17) is 16.3 Å². The van der Waals surface area contributed by atoms with E-state index >= 15 is 0 Å². The number of nitrogens with zero attached hydrogens (tertiary/aromatic N) is 3. The number of benzene rings is 1. The van der Waals surface area contributed by atoms with E-state index in [1.165, 1.54) is 0 Å². The zero-order valence-electron chi connectivity index (χ0n) is 14.9. The van der Waals surface area contributed by atoms with Crippen molar-refractivity contribution in [2.45, 2.75) is 6.92 Å². The van der Waals surface area contributed by atoms with Crippen LogP contribution < -0.4 is 10.2 Å². The first-order valence-corrected chi connectivity index (χ1v) is 10.0. The van der Waals surface area contributed by atoms with Crippen molar-refractivity contribution < 1.29 is 9.53 Å². The third-order valence-corrected chi connectivity index (χ3v) is 5.72. The van der Waals surface area contributed by atoms with Gasteiger partial charge in [0.2, 0.25) is 5.28 Å². The molecule has 0 aliphatic carbocycles. The van der Waals surface area contributed by atoms with Gasteiger partial charge in [0, 0.05) is 30.1 Å². The van der Waals surface area contributed by atoms with Crippen molar-refractivity contribution >= 4 is 44.9 Å². The second kappa shape index (κ2) is 7.80. The quantitative estimate of drug-likeness (QED) is 0.675. The van der Waals surface area contributed by atoms with E-state index in [1.54, 1.807) is 11.3 Å². The number of carbonyl (C=O) groups excluding carboxylic acids is 1. The molecule has 0 atom stereocenters. The monoisotopic (exact) mass is 402 g/mol. The van der Waals surface area contributed by atoms with Gasteiger partial charge in [0.15, 0.2) is 5.82 Å². The minimum absolute atomic E-state index is 0.0719. The lowest BCUT2D eigenvalue weighted by atomic mass is 10.1. The summed E-state index contributed by atoms with van der Waals surface area (Å²) in [6.07, 6.45) is 0. The predicted molar refractivity (Wildman–Crippen MR) is 109 cm³/mol. The molecule has 0 radical (unpaired) electrons. The Hall–Kier alpha value is -2.22. The number of fused-ring (bicyclic) bond motifs is 1. The number of aromatic nitrogens is 2. The minimum Gasteiger partial charge on any atom is -0.378 e. The van der Waals surface area contributed by atoms with Crippen LogP contribution in [0.3, 0.4) is 0 Å². The maximum absolute atomic E-state index is 12.1. The predicted octanol–water partition coefficient (Wildman–Crippen LogP) is 3.60. The van der Waals surface area contributed by atoms with Crippen LogP contribution in [0, 0.1) is 0 Å². The number of rotatable bonds is 4. The van der Waals surface area contributed by atoms with Gasteiger partial charge < -0.3 is 15.0 Å². The van der Waals surface area contributed by atoms with Crippen LogP contribution in [-0.4, -0.2) is 48.7 Å². The summed E-state index contributed by atoms with van der Waals surface area (Å²) in [4.78, 5) is 24.2. The SMILES string of the molecule is CCNC(=O)c1cccc(-c2cc3nc(Cl)nc(N4CCOCC4)c3s2)c1. The number of nitrogens with one attached hydrogen (secondary N) is 1. The van der Waals surface area contributed by atoms with Gasteiger partial charge in [-0.05, 0) is 42.3 Å². The second-order valence-corrected chi connectivity index (χ2v) is 7.57. The van der Waals surface area contributed by atoms with Crippen molar-refractivity contribution in [1.82, 2.24) is 15.3 Å². The Kier molecular flexibility index (Phi) is 5.24. The maximum Gasteiger partial charge on any atom is 0.251 e. The summed E-state index contributed by atoms with van der Waals surface area (Å²) in [5.41, 5.74) is 2.44. The van der Waals surface area contributed by atoms with Gasteiger partial charge >= 0.3 is 0 Å². The summed E-state index contributed by atoms with van der Waals surface area (Å²) in [7, 11) is 0. The number of halogens is 1. The molecule has 3 aromatic rings. The third-order valence-electron chi connectivity index (χ3n) is 4.38. The average molecular weight is 403 g/mol. The molecule has 0 spiro atoms. The molecule has 3 heterocycles. The van der Waals surface area contributed by atoms with Crippen molar-refractivity contribution in [3.63, 3.8) is 0 Å². The highest BCUT2D eigenvalue weighted by Crippen LogP contribution is 2.38. The topological polar surface area (TPSA) is 67.4 Å². The first-order valence-electron chi connectivity index (χ1n) is 8.84. The first-order chi connectivity index (χ1) is 13.2. The van der Waals surface area contributed by atoms with Crippen LogP contribution in [0.25, 0.3) is 20.7 Å². The fourth-order valence-corrected chi connectivity index (χ4v) is 4.38. The number of carbonyl (C=O) groups is 1. The van der Waals surface area contributed by atoms with E-state index in [9.17, 15) is 4.79 Å². The molecular weight excluding hydrogens is 384 g/mol. The molecule has 0 unspecified atom stereocenters. The molecule has 1 fully saturated rings. The molecule has 1 aromatic carbocycles. The van der Waals surface area contributed by atoms with E-state index in [1.807, 2.05) is 37.3 Å². The molecular formula is C19H19ClN4O2S. The molecule has 27 heavy (non-hydrogen) atoms. The number of hydrogen-bond acceptors (Lipinski definition) is 6. The summed E-state index contributed by atoms with van der Waals surface area (Å²) in [5.74, 6) is 0.779. The first kappa shape index (κ1) is 18.2. The molecule has 1 aliphatic heterocycles. The zero-order valence-corrected chi connectivity index (χ0v) is 16.4. The van der Waals surface area contributed by atoms with Crippen LogP contribution in [0.2, 0.25) is 5.28 Å². The molecule has 0 bridgehead atoms. The summed E-state index contributed by atoms with van der Waals surface area (Å²) >= 11 is 7.79. The van der Waals surface area contributed by atoms with E-state index in [-0.39, 0.29) is 11.2 Å². The molecule has 6 nitrogen and oxygen atoms in total. The van der Waals surface area contributed by atoms with E-state index < -0.39 is 0 Å². The average Bonchev–Trinajstić information content (AvgIpc) is 3.12. The van der Waals surface area contributed by atoms with Crippen LogP contribution in [0.1, 0.15) is 17.3 Å². The fourth-order valence-electron chi connectivity index (χ4n) is 3.10. The van der Waals surface area contributed by atoms with Crippen LogP contribution in [0.5, 0.6) is 0 Å². The van der Waals surface area contributed by atoms with Gasteiger partial charge in [-0.2, -0.15) is 4.98 Å². The summed E-state index contributed by atoms with van der Waals surface area (Å²) in [5, 5.41) is 3.07. The van der Waals surface area contributed by atoms with E-state index in [0.717, 1.165) is 39.6 Å². The summed E-state index contributed by atoms with van der Waals surface area (Å²) in [6, 6.07) is 9.62. The van der Waals surface area contributed by atoms with Gasteiger partial charge in [0.1, 0.15) is 0 Å². The number of amides is 1. The molecule has 0 saturated carbocycles. The molecule has 8 heteroatoms. The molecule has 140 valence electrons. The minimum atomic E-state index is -0.0719. The van der Waals surface area contributed by atoms with E-state index in [2.05, 4.69) is 20.2 Å². The van der Waals surface area contributed by atoms with Crippen molar-refractivity contribution in [2.75, 3.05) is 37.7 Å². The zero-order chi connectivity index (χ0) is 18.8. The Bertz CT molecular complexity index is 985. The standard InChI is InChI=1S/C19H19ClN4O2S/c1-2-21-18(25)13-5-3-4-12(10-13)15-11-14-16(27-15)17(23-19(20)22-14)24-6-8-26-9-7-24/h3-5,10-11H,2,6-9H2,1H3,(H,21,25). The van der Waals surface area contributed by atoms with E-state index in [0.29, 0.717) is 25.3 Å². The van der Waals surface area contributed by atoms with Gasteiger partial charge in [-0.1, -0.05) is 12.1 Å². The molecule has 1 amide bonds. The third kappa shape index (κ3) is 3.76. The van der Waals surface area contributed by atoms with Crippen LogP contribution in [0.4, 0.5) is 5.82 Å². The van der Waals surface area contributed by atoms with Gasteiger partial charge in [0.25, 0.3) is 5.91 Å². The van der Waals surface area contributed by atoms with Gasteiger partial charge in [-0.3, -0.25) is 4.79 Å².